The van der Waals surface area contributed by atoms with Gasteiger partial charge in [0.2, 0.25) is 6.79 Å². The van der Waals surface area contributed by atoms with Gasteiger partial charge in [0.25, 0.3) is 0 Å². The van der Waals surface area contributed by atoms with Crippen LogP contribution in [-0.2, 0) is 5.60 Å². The third-order valence-electron chi connectivity index (χ3n) is 6.36. The molecule has 2 aliphatic rings. The average Bonchev–Trinajstić information content (AvgIpc) is 3.05. The first kappa shape index (κ1) is 19.5. The zero-order valence-corrected chi connectivity index (χ0v) is 17.6. The van der Waals surface area contributed by atoms with Gasteiger partial charge in [-0.1, -0.05) is 26.0 Å². The van der Waals surface area contributed by atoms with Crippen molar-refractivity contribution < 1.29 is 24.1 Å². The van der Waals surface area contributed by atoms with Gasteiger partial charge in [-0.25, -0.2) is 0 Å². The summed E-state index contributed by atoms with van der Waals surface area (Å²) in [5, 5.41) is 12.2. The van der Waals surface area contributed by atoms with E-state index in [2.05, 4.69) is 0 Å². The number of rotatable bonds is 5. The molecule has 1 aliphatic heterocycles. The van der Waals surface area contributed by atoms with E-state index in [0.717, 1.165) is 0 Å². The minimum absolute atomic E-state index is 0.149. The number of hydrogen-bond donors (Lipinski definition) is 1. The molecule has 28 heavy (non-hydrogen) atoms. The van der Waals surface area contributed by atoms with Crippen LogP contribution in [0.5, 0.6) is 23.0 Å². The van der Waals surface area contributed by atoms with E-state index < -0.39 is 15.3 Å². The maximum Gasteiger partial charge on any atom is 0.231 e. The number of halogens is 2. The third-order valence-corrected chi connectivity index (χ3v) is 7.80. The minimum atomic E-state index is -1.50. The van der Waals surface area contributed by atoms with Gasteiger partial charge in [-0.3, -0.25) is 0 Å². The van der Waals surface area contributed by atoms with Gasteiger partial charge in [0, 0.05) is 11.3 Å². The lowest BCUT2D eigenvalue weighted by molar-refractivity contribution is 0.00121. The van der Waals surface area contributed by atoms with Gasteiger partial charge < -0.3 is 24.1 Å². The van der Waals surface area contributed by atoms with Gasteiger partial charge in [-0.05, 0) is 35.4 Å². The Kier molecular flexibility index (Phi) is 4.42. The first-order valence-corrected chi connectivity index (χ1v) is 9.70. The quantitative estimate of drug-likeness (QED) is 0.716. The second-order valence-electron chi connectivity index (χ2n) is 7.40. The SMILES string of the molecule is COc1ccc([C@@](O)(c2ccc3c(c2)OCO3)[C@]2(C)[C@H](C)C2(Cl)Cl)cc1OC. The molecule has 2 aromatic rings. The molecule has 5 nitrogen and oxygen atoms in total. The van der Waals surface area contributed by atoms with Gasteiger partial charge in [0.15, 0.2) is 23.0 Å². The van der Waals surface area contributed by atoms with E-state index in [1.165, 1.54) is 0 Å². The Balaban J connectivity index is 1.93. The monoisotopic (exact) mass is 424 g/mol. The van der Waals surface area contributed by atoms with Crippen molar-refractivity contribution in [3.8, 4) is 23.0 Å². The molecule has 3 atom stereocenters. The fourth-order valence-electron chi connectivity index (χ4n) is 4.24. The smallest absolute Gasteiger partial charge is 0.231 e. The Morgan fingerprint density at radius 1 is 1.00 bits per heavy atom. The molecule has 0 radical (unpaired) electrons. The zero-order chi connectivity index (χ0) is 20.3. The summed E-state index contributed by atoms with van der Waals surface area (Å²) in [5.41, 5.74) is -1.14. The van der Waals surface area contributed by atoms with Crippen molar-refractivity contribution in [1.29, 1.82) is 0 Å². The number of benzene rings is 2. The molecule has 1 N–H and O–H groups in total. The highest BCUT2D eigenvalue weighted by atomic mass is 35.5. The van der Waals surface area contributed by atoms with E-state index in [-0.39, 0.29) is 12.7 Å². The first-order chi connectivity index (χ1) is 13.2. The van der Waals surface area contributed by atoms with E-state index in [9.17, 15) is 5.11 Å². The molecule has 0 saturated heterocycles. The summed E-state index contributed by atoms with van der Waals surface area (Å²) in [6.07, 6.45) is 0. The van der Waals surface area contributed by atoms with E-state index >= 15 is 0 Å². The molecule has 7 heteroatoms. The number of ether oxygens (including phenoxy) is 4. The standard InChI is InChI=1S/C21H22Cl2O5/c1-12-19(2,21(12,22)23)20(24,13-5-7-15(25-3)17(9-13)26-4)14-6-8-16-18(10-14)28-11-27-16/h5-10,12,24H,11H2,1-4H3/t12-,19-,20+/m0/s1. The van der Waals surface area contributed by atoms with Gasteiger partial charge in [0.05, 0.1) is 14.2 Å². The molecule has 0 bridgehead atoms. The molecule has 1 saturated carbocycles. The van der Waals surface area contributed by atoms with Crippen molar-refractivity contribution in [2.45, 2.75) is 23.8 Å². The summed E-state index contributed by atoms with van der Waals surface area (Å²) < 4.78 is 20.6. The van der Waals surface area contributed by atoms with Crippen LogP contribution < -0.4 is 18.9 Å². The fraction of sp³-hybridized carbons (Fsp3) is 0.429. The van der Waals surface area contributed by atoms with Gasteiger partial charge in [-0.2, -0.15) is 0 Å². The molecule has 150 valence electrons. The highest BCUT2D eigenvalue weighted by Gasteiger charge is 2.79. The van der Waals surface area contributed by atoms with E-state index in [0.29, 0.717) is 34.1 Å². The van der Waals surface area contributed by atoms with Crippen LogP contribution in [0.25, 0.3) is 0 Å². The highest BCUT2D eigenvalue weighted by molar-refractivity contribution is 6.52. The molecular weight excluding hydrogens is 403 g/mol. The molecule has 4 rings (SSSR count). The van der Waals surface area contributed by atoms with Crippen LogP contribution in [-0.4, -0.2) is 30.5 Å². The van der Waals surface area contributed by atoms with Gasteiger partial charge >= 0.3 is 0 Å². The lowest BCUT2D eigenvalue weighted by atomic mass is 9.73. The molecule has 0 amide bonds. The highest BCUT2D eigenvalue weighted by Crippen LogP contribution is 2.76. The molecule has 0 spiro atoms. The summed E-state index contributed by atoms with van der Waals surface area (Å²) in [6.45, 7) is 3.97. The maximum absolute atomic E-state index is 12.2. The molecular formula is C21H22Cl2O5. The molecule has 2 aromatic carbocycles. The number of alkyl halides is 2. The molecule has 1 aliphatic carbocycles. The molecule has 1 fully saturated rings. The molecule has 0 aromatic heterocycles. The van der Waals surface area contributed by atoms with Gasteiger partial charge in [0.1, 0.15) is 9.93 Å². The molecule has 0 unspecified atom stereocenters. The zero-order valence-electron chi connectivity index (χ0n) is 16.1. The van der Waals surface area contributed by atoms with Crippen LogP contribution in [0.2, 0.25) is 0 Å². The van der Waals surface area contributed by atoms with Crippen LogP contribution >= 0.6 is 23.2 Å². The average molecular weight is 425 g/mol. The summed E-state index contributed by atoms with van der Waals surface area (Å²) in [7, 11) is 3.12. The lowest BCUT2D eigenvalue weighted by Crippen LogP contribution is -2.40. The fourth-order valence-corrected chi connectivity index (χ4v) is 5.17. The Hall–Kier alpha value is -1.82. The van der Waals surface area contributed by atoms with Crippen molar-refractivity contribution in [1.82, 2.24) is 0 Å². The summed E-state index contributed by atoms with van der Waals surface area (Å²) in [4.78, 5) is 0. The number of aliphatic hydroxyl groups is 1. The summed E-state index contributed by atoms with van der Waals surface area (Å²) in [5.74, 6) is 2.12. The number of methoxy groups -OCH3 is 2. The Morgan fingerprint density at radius 3 is 2.18 bits per heavy atom. The number of fused-ring (bicyclic) bond motifs is 1. The van der Waals surface area contributed by atoms with E-state index in [1.807, 2.05) is 19.9 Å². The van der Waals surface area contributed by atoms with E-state index in [1.54, 1.807) is 44.6 Å². The lowest BCUT2D eigenvalue weighted by Gasteiger charge is -2.37. The molecule has 1 heterocycles. The predicted octanol–water partition coefficient (Wildman–Crippen LogP) is 4.50. The van der Waals surface area contributed by atoms with Crippen molar-refractivity contribution >= 4 is 23.2 Å². The number of hydrogen-bond acceptors (Lipinski definition) is 5. The summed E-state index contributed by atoms with van der Waals surface area (Å²) >= 11 is 13.3. The maximum atomic E-state index is 12.2. The van der Waals surface area contributed by atoms with E-state index in [4.69, 9.17) is 42.1 Å². The third kappa shape index (κ3) is 2.36. The van der Waals surface area contributed by atoms with Crippen LogP contribution in [0.3, 0.4) is 0 Å². The Morgan fingerprint density at radius 2 is 1.57 bits per heavy atom. The second-order valence-corrected chi connectivity index (χ2v) is 8.78. The summed E-state index contributed by atoms with van der Waals surface area (Å²) in [6, 6.07) is 10.7. The van der Waals surface area contributed by atoms with Gasteiger partial charge in [-0.15, -0.1) is 23.2 Å². The normalized spacial score (nSPS) is 26.5. The topological polar surface area (TPSA) is 57.2 Å². The van der Waals surface area contributed by atoms with Crippen LogP contribution in [0.4, 0.5) is 0 Å². The van der Waals surface area contributed by atoms with Crippen molar-refractivity contribution in [3.05, 3.63) is 47.5 Å². The first-order valence-electron chi connectivity index (χ1n) is 8.94. The van der Waals surface area contributed by atoms with Crippen molar-refractivity contribution in [3.63, 3.8) is 0 Å². The van der Waals surface area contributed by atoms with Crippen LogP contribution in [0, 0.1) is 11.3 Å². The van der Waals surface area contributed by atoms with Crippen LogP contribution in [0.15, 0.2) is 36.4 Å². The Labute approximate surface area is 174 Å². The van der Waals surface area contributed by atoms with Crippen LogP contribution in [0.1, 0.15) is 25.0 Å². The van der Waals surface area contributed by atoms with Crippen molar-refractivity contribution in [2.24, 2.45) is 11.3 Å². The van der Waals surface area contributed by atoms with Crippen molar-refractivity contribution in [2.75, 3.05) is 21.0 Å². The minimum Gasteiger partial charge on any atom is -0.493 e. The predicted molar refractivity (Wildman–Crippen MR) is 107 cm³/mol. The largest absolute Gasteiger partial charge is 0.493 e. The second kappa shape index (κ2) is 6.34. The Bertz CT molecular complexity index is 931.